The number of alkyl halides is 3. The van der Waals surface area contributed by atoms with Crippen molar-refractivity contribution in [2.75, 3.05) is 12.4 Å². The minimum atomic E-state index is -5.08. The molecule has 0 saturated carbocycles. The van der Waals surface area contributed by atoms with Gasteiger partial charge in [-0.2, -0.15) is 23.4 Å². The van der Waals surface area contributed by atoms with Crippen molar-refractivity contribution < 1.29 is 32.6 Å². The Hall–Kier alpha value is -5.38. The van der Waals surface area contributed by atoms with Gasteiger partial charge in [-0.15, -0.1) is 0 Å². The molecule has 1 unspecified atom stereocenters. The Labute approximate surface area is 225 Å². The molecule has 13 heteroatoms. The van der Waals surface area contributed by atoms with Gasteiger partial charge in [0.15, 0.2) is 5.65 Å². The SMILES string of the molecule is COc1ccc(C2CC=NN2C(=O)Nc2cccc(C#Cc3cnc4cccnn34)c2)cc1.O=C(O)C(F)(F)F. The van der Waals surface area contributed by atoms with Crippen molar-refractivity contribution in [2.24, 2.45) is 5.10 Å². The van der Waals surface area contributed by atoms with E-state index < -0.39 is 12.1 Å². The molecule has 1 atom stereocenters. The number of aliphatic carboxylic acids is 1. The monoisotopic (exact) mass is 550 g/mol. The van der Waals surface area contributed by atoms with E-state index in [4.69, 9.17) is 14.6 Å². The number of carboxylic acids is 1. The van der Waals surface area contributed by atoms with Crippen LogP contribution in [0.5, 0.6) is 5.75 Å². The van der Waals surface area contributed by atoms with E-state index in [0.29, 0.717) is 17.8 Å². The molecular formula is C27H21F3N6O4. The first kappa shape index (κ1) is 27.6. The summed E-state index contributed by atoms with van der Waals surface area (Å²) in [6.45, 7) is 0. The van der Waals surface area contributed by atoms with E-state index in [1.807, 2.05) is 60.7 Å². The van der Waals surface area contributed by atoms with E-state index in [1.54, 1.807) is 30.2 Å². The van der Waals surface area contributed by atoms with E-state index in [2.05, 4.69) is 32.3 Å². The highest BCUT2D eigenvalue weighted by Crippen LogP contribution is 2.30. The average Bonchev–Trinajstić information content (AvgIpc) is 3.60. The van der Waals surface area contributed by atoms with Crippen molar-refractivity contribution in [1.82, 2.24) is 19.6 Å². The summed E-state index contributed by atoms with van der Waals surface area (Å²) in [6.07, 6.45) is 0.695. The number of amides is 2. The number of imidazole rings is 1. The van der Waals surface area contributed by atoms with E-state index in [-0.39, 0.29) is 12.1 Å². The van der Waals surface area contributed by atoms with Crippen molar-refractivity contribution in [1.29, 1.82) is 0 Å². The maximum Gasteiger partial charge on any atom is 0.490 e. The van der Waals surface area contributed by atoms with E-state index in [0.717, 1.165) is 22.5 Å². The number of hydrogen-bond donors (Lipinski definition) is 2. The number of carboxylic acid groups (broad SMARTS) is 1. The first-order valence-electron chi connectivity index (χ1n) is 11.6. The van der Waals surface area contributed by atoms with Crippen molar-refractivity contribution in [2.45, 2.75) is 18.6 Å². The van der Waals surface area contributed by atoms with Crippen molar-refractivity contribution >= 4 is 29.5 Å². The Kier molecular flexibility index (Phi) is 8.29. The number of methoxy groups -OCH3 is 1. The first-order valence-corrected chi connectivity index (χ1v) is 11.6. The highest BCUT2D eigenvalue weighted by atomic mass is 19.4. The number of benzene rings is 2. The molecule has 2 amide bonds. The summed E-state index contributed by atoms with van der Waals surface area (Å²) in [4.78, 5) is 26.1. The molecule has 2 aromatic carbocycles. The molecule has 40 heavy (non-hydrogen) atoms. The number of ether oxygens (including phenoxy) is 1. The largest absolute Gasteiger partial charge is 0.497 e. The third kappa shape index (κ3) is 6.73. The second-order valence-corrected chi connectivity index (χ2v) is 8.17. The summed E-state index contributed by atoms with van der Waals surface area (Å²) in [6, 6.07) is 18.3. The molecule has 0 bridgehead atoms. The summed E-state index contributed by atoms with van der Waals surface area (Å²) in [5.74, 6) is 4.21. The molecule has 3 heterocycles. The summed E-state index contributed by atoms with van der Waals surface area (Å²) in [5, 5.41) is 20.0. The maximum atomic E-state index is 12.9. The van der Waals surface area contributed by atoms with Crippen LogP contribution in [0.3, 0.4) is 0 Å². The van der Waals surface area contributed by atoms with E-state index >= 15 is 0 Å². The Morgan fingerprint density at radius 1 is 1.10 bits per heavy atom. The fraction of sp³-hybridized carbons (Fsp3) is 0.148. The minimum absolute atomic E-state index is 0.165. The van der Waals surface area contributed by atoms with Crippen molar-refractivity contribution in [3.8, 4) is 17.6 Å². The molecule has 1 aliphatic heterocycles. The molecule has 0 fully saturated rings. The van der Waals surface area contributed by atoms with Gasteiger partial charge < -0.3 is 15.2 Å². The van der Waals surface area contributed by atoms with Crippen LogP contribution in [0, 0.1) is 11.8 Å². The normalized spacial score (nSPS) is 14.1. The topological polar surface area (TPSA) is 121 Å². The zero-order valence-electron chi connectivity index (χ0n) is 20.8. The van der Waals surface area contributed by atoms with Gasteiger partial charge in [0.2, 0.25) is 0 Å². The molecule has 10 nitrogen and oxygen atoms in total. The van der Waals surface area contributed by atoms with Crippen LogP contribution >= 0.6 is 0 Å². The standard InChI is InChI=1S/C25H20N6O2.C2HF3O2/c1-33-22-11-8-19(9-12-22)23-13-15-28-31(23)25(32)29-20-5-2-4-18(16-20)7-10-21-17-26-24-6-3-14-27-30(21)24;3-2(4,5)1(6)7/h2-6,8-9,11-12,14-17,23H,13H2,1H3,(H,29,32);(H,6,7). The van der Waals surface area contributed by atoms with Crippen molar-refractivity contribution in [3.05, 3.63) is 89.9 Å². The Morgan fingerprint density at radius 2 is 1.85 bits per heavy atom. The highest BCUT2D eigenvalue weighted by Gasteiger charge is 2.38. The number of rotatable bonds is 3. The number of hydrazone groups is 1. The van der Waals surface area contributed by atoms with Gasteiger partial charge in [0.1, 0.15) is 11.4 Å². The number of urea groups is 1. The Balaban J connectivity index is 0.000000470. The van der Waals surface area contributed by atoms with E-state index in [1.165, 1.54) is 5.01 Å². The lowest BCUT2D eigenvalue weighted by atomic mass is 10.0. The molecule has 5 rings (SSSR count). The smallest absolute Gasteiger partial charge is 0.490 e. The number of hydrogen-bond acceptors (Lipinski definition) is 6. The maximum absolute atomic E-state index is 12.9. The molecule has 2 aromatic heterocycles. The quantitative estimate of drug-likeness (QED) is 0.356. The lowest BCUT2D eigenvalue weighted by Crippen LogP contribution is -2.31. The zero-order chi connectivity index (χ0) is 28.7. The van der Waals surface area contributed by atoms with Crippen LogP contribution < -0.4 is 10.1 Å². The zero-order valence-corrected chi connectivity index (χ0v) is 20.8. The van der Waals surface area contributed by atoms with Crippen LogP contribution in [-0.4, -0.2) is 56.2 Å². The van der Waals surface area contributed by atoms with Crippen molar-refractivity contribution in [3.63, 3.8) is 0 Å². The highest BCUT2D eigenvalue weighted by molar-refractivity contribution is 5.91. The molecule has 0 saturated heterocycles. The summed E-state index contributed by atoms with van der Waals surface area (Å²) in [7, 11) is 1.63. The number of carbonyl (C=O) groups excluding carboxylic acids is 1. The van der Waals surface area contributed by atoms with Crippen LogP contribution in [0.4, 0.5) is 23.7 Å². The molecule has 1 aliphatic rings. The van der Waals surface area contributed by atoms with Gasteiger partial charge in [-0.05, 0) is 53.9 Å². The lowest BCUT2D eigenvalue weighted by molar-refractivity contribution is -0.192. The van der Waals surface area contributed by atoms with Crippen LogP contribution in [-0.2, 0) is 4.79 Å². The summed E-state index contributed by atoms with van der Waals surface area (Å²) in [5.41, 5.74) is 3.81. The van der Waals surface area contributed by atoms with Gasteiger partial charge in [-0.1, -0.05) is 24.1 Å². The van der Waals surface area contributed by atoms with Gasteiger partial charge in [0, 0.05) is 30.1 Å². The summed E-state index contributed by atoms with van der Waals surface area (Å²) >= 11 is 0. The minimum Gasteiger partial charge on any atom is -0.497 e. The van der Waals surface area contributed by atoms with Crippen LogP contribution in [0.1, 0.15) is 29.3 Å². The van der Waals surface area contributed by atoms with E-state index in [9.17, 15) is 18.0 Å². The number of nitrogens with zero attached hydrogens (tertiary/aromatic N) is 5. The summed E-state index contributed by atoms with van der Waals surface area (Å²) < 4.78 is 38.6. The van der Waals surface area contributed by atoms with Crippen LogP contribution in [0.25, 0.3) is 5.65 Å². The predicted octanol–water partition coefficient (Wildman–Crippen LogP) is 4.74. The van der Waals surface area contributed by atoms with Gasteiger partial charge in [-0.3, -0.25) is 0 Å². The first-order chi connectivity index (χ1) is 19.2. The average molecular weight is 550 g/mol. The Morgan fingerprint density at radius 3 is 2.55 bits per heavy atom. The number of aromatic nitrogens is 3. The number of fused-ring (bicyclic) bond motifs is 1. The van der Waals surface area contributed by atoms with Crippen LogP contribution in [0.15, 0.2) is 78.2 Å². The fourth-order valence-corrected chi connectivity index (χ4v) is 3.62. The number of halogens is 3. The second kappa shape index (κ2) is 12.0. The molecule has 0 aliphatic carbocycles. The third-order valence-electron chi connectivity index (χ3n) is 5.51. The van der Waals surface area contributed by atoms with Gasteiger partial charge >= 0.3 is 18.2 Å². The molecule has 4 aromatic rings. The number of carbonyl (C=O) groups is 2. The molecule has 2 N–H and O–H groups in total. The second-order valence-electron chi connectivity index (χ2n) is 8.17. The predicted molar refractivity (Wildman–Crippen MR) is 139 cm³/mol. The molecule has 204 valence electrons. The number of anilines is 1. The number of nitrogens with one attached hydrogen (secondary N) is 1. The third-order valence-corrected chi connectivity index (χ3v) is 5.51. The fourth-order valence-electron chi connectivity index (χ4n) is 3.62. The molecular weight excluding hydrogens is 529 g/mol. The molecule has 0 spiro atoms. The molecule has 0 radical (unpaired) electrons. The Bertz CT molecular complexity index is 1610. The van der Waals surface area contributed by atoms with Gasteiger partial charge in [-0.25, -0.2) is 24.1 Å². The van der Waals surface area contributed by atoms with Crippen LogP contribution in [0.2, 0.25) is 0 Å². The van der Waals surface area contributed by atoms with Gasteiger partial charge in [0.25, 0.3) is 0 Å². The lowest BCUT2D eigenvalue weighted by Gasteiger charge is -2.22. The van der Waals surface area contributed by atoms with Gasteiger partial charge in [0.05, 0.1) is 19.3 Å².